The van der Waals surface area contributed by atoms with E-state index in [2.05, 4.69) is 20.3 Å². The van der Waals surface area contributed by atoms with Crippen LogP contribution >= 0.6 is 11.6 Å². The van der Waals surface area contributed by atoms with E-state index >= 15 is 0 Å². The maximum Gasteiger partial charge on any atom is 0.274 e. The number of aromatic nitrogens is 3. The molecule has 0 unspecified atom stereocenters. The van der Waals surface area contributed by atoms with Crippen LogP contribution in [-0.2, 0) is 6.42 Å². The average molecular weight is 363 g/mol. The molecule has 3 heterocycles. The minimum absolute atomic E-state index is 0.254. The van der Waals surface area contributed by atoms with Gasteiger partial charge in [0, 0.05) is 41.1 Å². The van der Waals surface area contributed by atoms with Crippen molar-refractivity contribution in [2.45, 2.75) is 6.42 Å². The Morgan fingerprint density at radius 1 is 1.08 bits per heavy atom. The molecule has 5 nitrogen and oxygen atoms in total. The first-order chi connectivity index (χ1) is 12.7. The molecule has 0 radical (unpaired) electrons. The van der Waals surface area contributed by atoms with E-state index < -0.39 is 0 Å². The van der Waals surface area contributed by atoms with Gasteiger partial charge in [0.05, 0.1) is 0 Å². The first-order valence-corrected chi connectivity index (χ1v) is 8.50. The second kappa shape index (κ2) is 6.98. The number of hydrogen-bond donors (Lipinski definition) is 2. The standard InChI is InChI=1S/C20H15ClN4O/c21-15-4-6-16(7-5-15)25-20(26)18-8-3-13(11-23-18)10-14-12-24-19-17(14)2-1-9-22-19/h1-9,11-12H,10H2,(H,22,24)(H,25,26). The molecule has 4 rings (SSSR count). The van der Waals surface area contributed by atoms with Crippen molar-refractivity contribution in [3.63, 3.8) is 0 Å². The number of aromatic amines is 1. The average Bonchev–Trinajstić information content (AvgIpc) is 3.07. The Kier molecular flexibility index (Phi) is 4.37. The summed E-state index contributed by atoms with van der Waals surface area (Å²) in [5.74, 6) is -0.254. The van der Waals surface area contributed by atoms with Crippen LogP contribution in [0.15, 0.2) is 67.1 Å². The van der Waals surface area contributed by atoms with Crippen molar-refractivity contribution in [3.05, 3.63) is 89.0 Å². The Hall–Kier alpha value is -3.18. The van der Waals surface area contributed by atoms with Crippen molar-refractivity contribution in [3.8, 4) is 0 Å². The van der Waals surface area contributed by atoms with Gasteiger partial charge in [-0.25, -0.2) is 4.98 Å². The van der Waals surface area contributed by atoms with E-state index in [0.29, 0.717) is 16.4 Å². The van der Waals surface area contributed by atoms with Gasteiger partial charge in [-0.3, -0.25) is 9.78 Å². The number of pyridine rings is 2. The van der Waals surface area contributed by atoms with Crippen LogP contribution in [0.5, 0.6) is 0 Å². The van der Waals surface area contributed by atoms with Crippen LogP contribution < -0.4 is 5.32 Å². The molecule has 0 saturated carbocycles. The van der Waals surface area contributed by atoms with Crippen LogP contribution in [0.25, 0.3) is 11.0 Å². The largest absolute Gasteiger partial charge is 0.346 e. The maximum atomic E-state index is 12.3. The molecule has 4 aromatic rings. The summed E-state index contributed by atoms with van der Waals surface area (Å²) in [6.07, 6.45) is 6.17. The number of rotatable bonds is 4. The summed E-state index contributed by atoms with van der Waals surface area (Å²) in [7, 11) is 0. The zero-order valence-corrected chi connectivity index (χ0v) is 14.5. The van der Waals surface area contributed by atoms with Crippen molar-refractivity contribution in [1.82, 2.24) is 15.0 Å². The van der Waals surface area contributed by atoms with Gasteiger partial charge in [0.2, 0.25) is 0 Å². The summed E-state index contributed by atoms with van der Waals surface area (Å²) in [5.41, 5.74) is 4.08. The molecule has 1 aromatic carbocycles. The fourth-order valence-corrected chi connectivity index (χ4v) is 2.90. The molecule has 2 N–H and O–H groups in total. The van der Waals surface area contributed by atoms with Crippen molar-refractivity contribution in [2.75, 3.05) is 5.32 Å². The summed E-state index contributed by atoms with van der Waals surface area (Å²) in [6, 6.07) is 14.6. The van der Waals surface area contributed by atoms with Gasteiger partial charge in [0.1, 0.15) is 11.3 Å². The number of nitrogens with zero attached hydrogens (tertiary/aromatic N) is 2. The fraction of sp³-hybridized carbons (Fsp3) is 0.0500. The normalized spacial score (nSPS) is 10.8. The van der Waals surface area contributed by atoms with Crippen molar-refractivity contribution >= 4 is 34.2 Å². The second-order valence-electron chi connectivity index (χ2n) is 5.90. The Morgan fingerprint density at radius 3 is 2.69 bits per heavy atom. The fourth-order valence-electron chi connectivity index (χ4n) is 2.77. The highest BCUT2D eigenvalue weighted by Crippen LogP contribution is 2.19. The van der Waals surface area contributed by atoms with E-state index in [0.717, 1.165) is 28.6 Å². The van der Waals surface area contributed by atoms with Crippen molar-refractivity contribution < 1.29 is 4.79 Å². The van der Waals surface area contributed by atoms with E-state index in [4.69, 9.17) is 11.6 Å². The lowest BCUT2D eigenvalue weighted by atomic mass is 10.1. The lowest BCUT2D eigenvalue weighted by molar-refractivity contribution is 0.102. The van der Waals surface area contributed by atoms with E-state index in [1.165, 1.54) is 0 Å². The number of benzene rings is 1. The van der Waals surface area contributed by atoms with Gasteiger partial charge < -0.3 is 10.3 Å². The van der Waals surface area contributed by atoms with E-state index in [9.17, 15) is 4.79 Å². The summed E-state index contributed by atoms with van der Waals surface area (Å²) < 4.78 is 0. The van der Waals surface area contributed by atoms with Gasteiger partial charge in [-0.05, 0) is 53.6 Å². The molecule has 0 spiro atoms. The number of carbonyl (C=O) groups is 1. The number of amides is 1. The molecule has 0 aliphatic carbocycles. The predicted octanol–water partition coefficient (Wildman–Crippen LogP) is 4.45. The quantitative estimate of drug-likeness (QED) is 0.563. The minimum Gasteiger partial charge on any atom is -0.346 e. The van der Waals surface area contributed by atoms with Crippen LogP contribution in [0, 0.1) is 0 Å². The highest BCUT2D eigenvalue weighted by atomic mass is 35.5. The van der Waals surface area contributed by atoms with Gasteiger partial charge in [-0.2, -0.15) is 0 Å². The molecule has 0 bridgehead atoms. The van der Waals surface area contributed by atoms with E-state index in [1.807, 2.05) is 24.4 Å². The number of H-pyrrole nitrogens is 1. The van der Waals surface area contributed by atoms with Gasteiger partial charge in [-0.15, -0.1) is 0 Å². The number of halogens is 1. The predicted molar refractivity (Wildman–Crippen MR) is 103 cm³/mol. The van der Waals surface area contributed by atoms with Gasteiger partial charge in [0.15, 0.2) is 0 Å². The van der Waals surface area contributed by atoms with Gasteiger partial charge in [0.25, 0.3) is 5.91 Å². The summed E-state index contributed by atoms with van der Waals surface area (Å²) >= 11 is 5.85. The molecule has 1 amide bonds. The molecule has 6 heteroatoms. The van der Waals surface area contributed by atoms with E-state index in [-0.39, 0.29) is 5.91 Å². The monoisotopic (exact) mass is 362 g/mol. The number of nitrogens with one attached hydrogen (secondary N) is 2. The molecule has 26 heavy (non-hydrogen) atoms. The molecule has 0 aliphatic heterocycles. The highest BCUT2D eigenvalue weighted by molar-refractivity contribution is 6.30. The SMILES string of the molecule is O=C(Nc1ccc(Cl)cc1)c1ccc(Cc2c[nH]c3ncccc23)cn1. The number of hydrogen-bond acceptors (Lipinski definition) is 3. The van der Waals surface area contributed by atoms with Crippen molar-refractivity contribution in [2.24, 2.45) is 0 Å². The molecule has 0 atom stereocenters. The Balaban J connectivity index is 1.47. The smallest absolute Gasteiger partial charge is 0.274 e. The molecular weight excluding hydrogens is 348 g/mol. The summed E-state index contributed by atoms with van der Waals surface area (Å²) in [4.78, 5) is 24.0. The first kappa shape index (κ1) is 16.3. The zero-order chi connectivity index (χ0) is 17.9. The zero-order valence-electron chi connectivity index (χ0n) is 13.7. The Morgan fingerprint density at radius 2 is 1.92 bits per heavy atom. The van der Waals surface area contributed by atoms with Crippen molar-refractivity contribution in [1.29, 1.82) is 0 Å². The Labute approximate surface area is 155 Å². The van der Waals surface area contributed by atoms with Gasteiger partial charge >= 0.3 is 0 Å². The summed E-state index contributed by atoms with van der Waals surface area (Å²) in [5, 5.41) is 4.52. The van der Waals surface area contributed by atoms with Crippen LogP contribution in [0.1, 0.15) is 21.6 Å². The third kappa shape index (κ3) is 3.43. The maximum absolute atomic E-state index is 12.3. The number of carbonyl (C=O) groups excluding carboxylic acids is 1. The molecule has 0 saturated heterocycles. The lowest BCUT2D eigenvalue weighted by Crippen LogP contribution is -2.13. The van der Waals surface area contributed by atoms with Gasteiger partial charge in [-0.1, -0.05) is 17.7 Å². The van der Waals surface area contributed by atoms with Crippen LogP contribution in [0.2, 0.25) is 5.02 Å². The molecular formula is C20H15ClN4O. The molecule has 128 valence electrons. The third-order valence-electron chi connectivity index (χ3n) is 4.09. The van der Waals surface area contributed by atoms with E-state index in [1.54, 1.807) is 42.7 Å². The third-order valence-corrected chi connectivity index (χ3v) is 4.34. The van der Waals surface area contributed by atoms with Crippen LogP contribution in [0.3, 0.4) is 0 Å². The van der Waals surface area contributed by atoms with Crippen LogP contribution in [0.4, 0.5) is 5.69 Å². The van der Waals surface area contributed by atoms with Crippen LogP contribution in [-0.4, -0.2) is 20.9 Å². The number of anilines is 1. The minimum atomic E-state index is -0.254. The molecule has 0 fully saturated rings. The second-order valence-corrected chi connectivity index (χ2v) is 6.34. The topological polar surface area (TPSA) is 70.7 Å². The first-order valence-electron chi connectivity index (χ1n) is 8.12. The number of fused-ring (bicyclic) bond motifs is 1. The Bertz CT molecular complexity index is 1060. The molecule has 3 aromatic heterocycles. The lowest BCUT2D eigenvalue weighted by Gasteiger charge is -2.06. The molecule has 0 aliphatic rings. The highest BCUT2D eigenvalue weighted by Gasteiger charge is 2.09. The summed E-state index contributed by atoms with van der Waals surface area (Å²) in [6.45, 7) is 0.